The van der Waals surface area contributed by atoms with Crippen molar-refractivity contribution in [2.24, 2.45) is 0 Å². The number of benzene rings is 11. The maximum atomic E-state index is 2.44. The first-order chi connectivity index (χ1) is 31.7. The topological polar surface area (TPSA) is 3.24 Å². The summed E-state index contributed by atoms with van der Waals surface area (Å²) in [4.78, 5) is 2.44. The molecule has 11 aromatic carbocycles. The minimum absolute atomic E-state index is 1.09. The van der Waals surface area contributed by atoms with Gasteiger partial charge in [-0.2, -0.15) is 0 Å². The van der Waals surface area contributed by atoms with Crippen LogP contribution in [0.1, 0.15) is 0 Å². The first-order valence-electron chi connectivity index (χ1n) is 21.9. The summed E-state index contributed by atoms with van der Waals surface area (Å²) in [7, 11) is 0. The molecule has 0 aliphatic rings. The summed E-state index contributed by atoms with van der Waals surface area (Å²) in [5, 5.41) is 7.62. The lowest BCUT2D eigenvalue weighted by Gasteiger charge is -2.28. The van der Waals surface area contributed by atoms with Crippen molar-refractivity contribution in [1.29, 1.82) is 0 Å². The van der Waals surface area contributed by atoms with Gasteiger partial charge in [0.15, 0.2) is 0 Å². The monoisotopic (exact) mass is 831 g/mol. The molecule has 2 heteroatoms. The Hall–Kier alpha value is -8.04. The molecule has 0 atom stereocenters. The van der Waals surface area contributed by atoms with Gasteiger partial charge in [0, 0.05) is 42.7 Å². The molecule has 0 unspecified atom stereocenters. The van der Waals surface area contributed by atoms with E-state index in [2.05, 4.69) is 254 Å². The molecule has 0 radical (unpaired) electrons. The van der Waals surface area contributed by atoms with Crippen LogP contribution in [0.2, 0.25) is 0 Å². The predicted octanol–water partition coefficient (Wildman–Crippen LogP) is 18.2. The minimum atomic E-state index is 1.09. The fraction of sp³-hybridized carbons (Fsp3) is 0. The van der Waals surface area contributed by atoms with E-state index in [-0.39, 0.29) is 0 Å². The molecule has 64 heavy (non-hydrogen) atoms. The van der Waals surface area contributed by atoms with Gasteiger partial charge in [-0.25, -0.2) is 0 Å². The molecule has 12 aromatic rings. The zero-order valence-electron chi connectivity index (χ0n) is 35.0. The van der Waals surface area contributed by atoms with Crippen molar-refractivity contribution in [2.45, 2.75) is 0 Å². The predicted molar refractivity (Wildman–Crippen MR) is 276 cm³/mol. The molecule has 0 N–H and O–H groups in total. The van der Waals surface area contributed by atoms with Gasteiger partial charge in [0.1, 0.15) is 0 Å². The summed E-state index contributed by atoms with van der Waals surface area (Å²) in [6.45, 7) is 0. The molecule has 0 amide bonds. The second kappa shape index (κ2) is 16.0. The standard InChI is InChI=1S/C62H41NS/c1-2-15-47-39-51(34-31-42(47)13-1)49-18-9-17-48(40-49)50-19-10-20-53(41-50)63(60-27-7-5-22-56(60)58-25-12-26-59-57-23-6-8-28-61(57)64-62(58)59)52-37-35-44(36-38-52)43-29-32-46(33-30-43)55-24-11-16-45-14-3-4-21-54(45)55/h1-41H. The van der Waals surface area contributed by atoms with E-state index in [0.29, 0.717) is 0 Å². The van der Waals surface area contributed by atoms with E-state index in [1.807, 2.05) is 11.3 Å². The van der Waals surface area contributed by atoms with Gasteiger partial charge in [-0.1, -0.05) is 200 Å². The van der Waals surface area contributed by atoms with E-state index in [9.17, 15) is 0 Å². The minimum Gasteiger partial charge on any atom is -0.310 e. The molecule has 0 spiro atoms. The summed E-state index contributed by atoms with van der Waals surface area (Å²) in [5.74, 6) is 0. The van der Waals surface area contributed by atoms with Gasteiger partial charge in [-0.3, -0.25) is 0 Å². The lowest BCUT2D eigenvalue weighted by atomic mass is 9.96. The molecule has 1 nitrogen and oxygen atoms in total. The van der Waals surface area contributed by atoms with Crippen LogP contribution in [0.3, 0.4) is 0 Å². The molecule has 12 rings (SSSR count). The van der Waals surface area contributed by atoms with Gasteiger partial charge in [0.25, 0.3) is 0 Å². The molecule has 0 aliphatic heterocycles. The number of nitrogens with zero attached hydrogens (tertiary/aromatic N) is 1. The molecule has 0 saturated heterocycles. The van der Waals surface area contributed by atoms with E-state index < -0.39 is 0 Å². The maximum Gasteiger partial charge on any atom is 0.0540 e. The van der Waals surface area contributed by atoms with Crippen molar-refractivity contribution in [2.75, 3.05) is 4.90 Å². The van der Waals surface area contributed by atoms with E-state index in [0.717, 1.165) is 22.6 Å². The normalized spacial score (nSPS) is 11.4. The van der Waals surface area contributed by atoms with Crippen molar-refractivity contribution < 1.29 is 0 Å². The zero-order chi connectivity index (χ0) is 42.4. The molecule has 0 bridgehead atoms. The van der Waals surface area contributed by atoms with Gasteiger partial charge >= 0.3 is 0 Å². The maximum absolute atomic E-state index is 2.44. The summed E-state index contributed by atoms with van der Waals surface area (Å²) >= 11 is 1.88. The molecule has 0 aliphatic carbocycles. The molecule has 0 saturated carbocycles. The Balaban J connectivity index is 0.963. The van der Waals surface area contributed by atoms with Gasteiger partial charge in [-0.05, 0) is 115 Å². The fourth-order valence-corrected chi connectivity index (χ4v) is 10.7. The molecule has 0 fully saturated rings. The second-order valence-electron chi connectivity index (χ2n) is 16.5. The number of hydrogen-bond acceptors (Lipinski definition) is 2. The number of para-hydroxylation sites is 1. The Bertz CT molecular complexity index is 3670. The molecule has 1 aromatic heterocycles. The van der Waals surface area contributed by atoms with Crippen molar-refractivity contribution in [3.63, 3.8) is 0 Å². The smallest absolute Gasteiger partial charge is 0.0540 e. The average Bonchev–Trinajstić information content (AvgIpc) is 3.76. The third kappa shape index (κ3) is 6.82. The highest BCUT2D eigenvalue weighted by molar-refractivity contribution is 7.26. The van der Waals surface area contributed by atoms with Crippen LogP contribution in [0.25, 0.3) is 97.4 Å². The van der Waals surface area contributed by atoms with Gasteiger partial charge in [0.2, 0.25) is 0 Å². The second-order valence-corrected chi connectivity index (χ2v) is 17.5. The Morgan fingerprint density at radius 2 is 0.797 bits per heavy atom. The van der Waals surface area contributed by atoms with Crippen molar-refractivity contribution in [3.8, 4) is 55.6 Å². The number of rotatable bonds is 8. The summed E-state index contributed by atoms with van der Waals surface area (Å²) in [5.41, 5.74) is 15.3. The van der Waals surface area contributed by atoms with Crippen LogP contribution in [0, 0.1) is 0 Å². The third-order valence-corrected chi connectivity index (χ3v) is 13.9. The number of thiophene rings is 1. The Morgan fingerprint density at radius 3 is 1.62 bits per heavy atom. The molecule has 300 valence electrons. The van der Waals surface area contributed by atoms with Crippen LogP contribution in [-0.2, 0) is 0 Å². The number of anilines is 3. The van der Waals surface area contributed by atoms with E-state index in [4.69, 9.17) is 0 Å². The summed E-state index contributed by atoms with van der Waals surface area (Å²) < 4.78 is 2.61. The largest absolute Gasteiger partial charge is 0.310 e. The quantitative estimate of drug-likeness (QED) is 0.147. The fourth-order valence-electron chi connectivity index (χ4n) is 9.48. The first kappa shape index (κ1) is 37.7. The van der Waals surface area contributed by atoms with Gasteiger partial charge < -0.3 is 4.90 Å². The average molecular weight is 832 g/mol. The molecule has 1 heterocycles. The van der Waals surface area contributed by atoms with E-state index in [1.165, 1.54) is 91.8 Å². The highest BCUT2D eigenvalue weighted by Crippen LogP contribution is 2.47. The number of hydrogen-bond donors (Lipinski definition) is 0. The lowest BCUT2D eigenvalue weighted by molar-refractivity contribution is 1.28. The van der Waals surface area contributed by atoms with Gasteiger partial charge in [0.05, 0.1) is 5.69 Å². The summed E-state index contributed by atoms with van der Waals surface area (Å²) in [6.07, 6.45) is 0. The third-order valence-electron chi connectivity index (χ3n) is 12.7. The van der Waals surface area contributed by atoms with Crippen LogP contribution >= 0.6 is 11.3 Å². The van der Waals surface area contributed by atoms with Crippen LogP contribution < -0.4 is 4.90 Å². The highest BCUT2D eigenvalue weighted by atomic mass is 32.1. The van der Waals surface area contributed by atoms with Crippen molar-refractivity contribution >= 4 is 70.1 Å². The zero-order valence-corrected chi connectivity index (χ0v) is 35.8. The Kier molecular flexibility index (Phi) is 9.43. The number of fused-ring (bicyclic) bond motifs is 5. The SMILES string of the molecule is c1cc(-c2cccc(N(c3ccc(-c4ccc(-c5cccc6ccccc56)cc4)cc3)c3ccccc3-c3cccc4c3sc3ccccc34)c2)cc(-c2ccc3ccccc3c2)c1. The van der Waals surface area contributed by atoms with E-state index >= 15 is 0 Å². The van der Waals surface area contributed by atoms with Crippen LogP contribution in [0.5, 0.6) is 0 Å². The first-order valence-corrected chi connectivity index (χ1v) is 22.7. The van der Waals surface area contributed by atoms with Crippen LogP contribution in [0.4, 0.5) is 17.1 Å². The lowest BCUT2D eigenvalue weighted by Crippen LogP contribution is -2.11. The van der Waals surface area contributed by atoms with E-state index in [1.54, 1.807) is 0 Å². The molecular weight excluding hydrogens is 791 g/mol. The molecular formula is C62H41NS. The van der Waals surface area contributed by atoms with Crippen molar-refractivity contribution in [3.05, 3.63) is 249 Å². The van der Waals surface area contributed by atoms with Crippen molar-refractivity contribution in [1.82, 2.24) is 0 Å². The van der Waals surface area contributed by atoms with Crippen LogP contribution in [-0.4, -0.2) is 0 Å². The highest BCUT2D eigenvalue weighted by Gasteiger charge is 2.20. The van der Waals surface area contributed by atoms with Crippen LogP contribution in [0.15, 0.2) is 249 Å². The Labute approximate surface area is 377 Å². The summed E-state index contributed by atoms with van der Waals surface area (Å²) in [6, 6.07) is 91.0. The Morgan fingerprint density at radius 1 is 0.266 bits per heavy atom. The van der Waals surface area contributed by atoms with Gasteiger partial charge in [-0.15, -0.1) is 11.3 Å².